The van der Waals surface area contributed by atoms with Gasteiger partial charge in [-0.2, -0.15) is 5.10 Å². The fourth-order valence-corrected chi connectivity index (χ4v) is 4.87. The summed E-state index contributed by atoms with van der Waals surface area (Å²) in [6, 6.07) is 8.26. The Balaban J connectivity index is 1.26. The van der Waals surface area contributed by atoms with Gasteiger partial charge in [0.2, 0.25) is 0 Å². The molecule has 2 aromatic heterocycles. The molecule has 0 aliphatic carbocycles. The van der Waals surface area contributed by atoms with Crippen LogP contribution in [0.1, 0.15) is 57.4 Å². The van der Waals surface area contributed by atoms with Gasteiger partial charge in [0.25, 0.3) is 11.8 Å². The topological polar surface area (TPSA) is 89.2 Å². The van der Waals surface area contributed by atoms with Crippen molar-refractivity contribution in [3.8, 4) is 0 Å². The predicted molar refractivity (Wildman–Crippen MR) is 122 cm³/mol. The summed E-state index contributed by atoms with van der Waals surface area (Å²) in [5.74, 6) is -0.0872. The van der Waals surface area contributed by atoms with Gasteiger partial charge in [-0.25, -0.2) is 4.68 Å². The molecule has 0 spiro atoms. The van der Waals surface area contributed by atoms with Crippen LogP contribution in [0, 0.1) is 6.92 Å². The zero-order valence-corrected chi connectivity index (χ0v) is 19.1. The van der Waals surface area contributed by atoms with E-state index in [1.165, 1.54) is 11.1 Å². The summed E-state index contributed by atoms with van der Waals surface area (Å²) >= 11 is 0. The number of aryl methyl sites for hydroxylation is 2. The summed E-state index contributed by atoms with van der Waals surface area (Å²) in [5.41, 5.74) is 4.25. The molecule has 33 heavy (non-hydrogen) atoms. The van der Waals surface area contributed by atoms with E-state index in [1.807, 2.05) is 42.0 Å². The maximum absolute atomic E-state index is 13.2. The SMILES string of the molecule is CCn1cc(C(=O)N2CCC[C@H]2Cn2cc(C(=O)N3CCc4ccccc4C3)nn2)c(C)n1. The molecular formula is C24H29N7O2. The monoisotopic (exact) mass is 447 g/mol. The highest BCUT2D eigenvalue weighted by atomic mass is 16.2. The molecule has 3 aromatic rings. The molecule has 4 heterocycles. The van der Waals surface area contributed by atoms with Crippen LogP contribution in [0.3, 0.4) is 0 Å². The van der Waals surface area contributed by atoms with E-state index in [-0.39, 0.29) is 17.9 Å². The van der Waals surface area contributed by atoms with Crippen molar-refractivity contribution < 1.29 is 9.59 Å². The Hall–Kier alpha value is -3.49. The third kappa shape index (κ3) is 4.15. The first-order valence-electron chi connectivity index (χ1n) is 11.6. The van der Waals surface area contributed by atoms with Crippen LogP contribution >= 0.6 is 0 Å². The Morgan fingerprint density at radius 3 is 2.67 bits per heavy atom. The van der Waals surface area contributed by atoms with E-state index in [1.54, 1.807) is 15.6 Å². The highest BCUT2D eigenvalue weighted by molar-refractivity contribution is 5.95. The van der Waals surface area contributed by atoms with E-state index < -0.39 is 0 Å². The zero-order valence-electron chi connectivity index (χ0n) is 19.1. The standard InChI is InChI=1S/C24H29N7O2/c1-3-29-15-21(17(2)26-29)23(32)31-11-6-9-20(31)14-30-16-22(25-27-30)24(33)28-12-10-18-7-4-5-8-19(18)13-28/h4-5,7-8,15-16,20H,3,6,9-14H2,1-2H3/t20-/m0/s1. The Morgan fingerprint density at radius 2 is 1.88 bits per heavy atom. The molecule has 0 radical (unpaired) electrons. The number of hydrogen-bond acceptors (Lipinski definition) is 5. The van der Waals surface area contributed by atoms with Crippen LogP contribution in [-0.2, 0) is 26.1 Å². The minimum atomic E-state index is -0.0993. The normalized spacial score (nSPS) is 17.9. The van der Waals surface area contributed by atoms with Crippen molar-refractivity contribution in [3.63, 3.8) is 0 Å². The van der Waals surface area contributed by atoms with Crippen LogP contribution in [0.5, 0.6) is 0 Å². The maximum atomic E-state index is 13.2. The molecule has 5 rings (SSSR count). The Morgan fingerprint density at radius 1 is 1.06 bits per heavy atom. The van der Waals surface area contributed by atoms with Gasteiger partial charge in [-0.1, -0.05) is 29.5 Å². The third-order valence-corrected chi connectivity index (χ3v) is 6.71. The molecule has 2 aliphatic heterocycles. The average Bonchev–Trinajstić information content (AvgIpc) is 3.58. The minimum Gasteiger partial charge on any atom is -0.334 e. The summed E-state index contributed by atoms with van der Waals surface area (Å²) < 4.78 is 3.49. The molecule has 9 heteroatoms. The van der Waals surface area contributed by atoms with Gasteiger partial charge in [-0.3, -0.25) is 14.3 Å². The zero-order chi connectivity index (χ0) is 22.9. The van der Waals surface area contributed by atoms with Gasteiger partial charge in [-0.15, -0.1) is 5.10 Å². The number of likely N-dealkylation sites (tertiary alicyclic amines) is 1. The number of hydrogen-bond donors (Lipinski definition) is 0. The molecule has 0 bridgehead atoms. The number of nitrogens with zero attached hydrogens (tertiary/aromatic N) is 7. The molecule has 1 saturated heterocycles. The molecule has 0 saturated carbocycles. The molecule has 9 nitrogen and oxygen atoms in total. The van der Waals surface area contributed by atoms with Gasteiger partial charge in [0.1, 0.15) is 0 Å². The quantitative estimate of drug-likeness (QED) is 0.599. The number of amides is 2. The lowest BCUT2D eigenvalue weighted by atomic mass is 10.00. The van der Waals surface area contributed by atoms with Crippen LogP contribution in [-0.4, -0.2) is 65.5 Å². The number of carbonyl (C=O) groups is 2. The van der Waals surface area contributed by atoms with Crippen molar-refractivity contribution in [2.45, 2.75) is 58.8 Å². The summed E-state index contributed by atoms with van der Waals surface area (Å²) in [4.78, 5) is 29.9. The van der Waals surface area contributed by atoms with E-state index in [9.17, 15) is 9.59 Å². The Labute approximate surface area is 193 Å². The molecule has 2 amide bonds. The summed E-state index contributed by atoms with van der Waals surface area (Å²) in [7, 11) is 0. The van der Waals surface area contributed by atoms with Crippen molar-refractivity contribution in [2.24, 2.45) is 0 Å². The number of rotatable bonds is 5. The largest absolute Gasteiger partial charge is 0.334 e. The van der Waals surface area contributed by atoms with Gasteiger partial charge >= 0.3 is 0 Å². The molecule has 1 fully saturated rings. The second-order valence-electron chi connectivity index (χ2n) is 8.85. The predicted octanol–water partition coefficient (Wildman–Crippen LogP) is 2.31. The summed E-state index contributed by atoms with van der Waals surface area (Å²) in [5, 5.41) is 12.8. The lowest BCUT2D eigenvalue weighted by molar-refractivity contribution is 0.0714. The van der Waals surface area contributed by atoms with E-state index in [2.05, 4.69) is 27.5 Å². The molecule has 2 aliphatic rings. The minimum absolute atomic E-state index is 0.0121. The maximum Gasteiger partial charge on any atom is 0.276 e. The van der Waals surface area contributed by atoms with Crippen molar-refractivity contribution in [1.82, 2.24) is 34.6 Å². The number of carbonyl (C=O) groups excluding carboxylic acids is 2. The molecule has 0 N–H and O–H groups in total. The second kappa shape index (κ2) is 8.80. The molecule has 1 aromatic carbocycles. The first-order chi connectivity index (χ1) is 16.0. The fraction of sp³-hybridized carbons (Fsp3) is 0.458. The Kier molecular flexibility index (Phi) is 5.70. The number of aromatic nitrogens is 5. The molecule has 1 atom stereocenters. The average molecular weight is 448 g/mol. The van der Waals surface area contributed by atoms with Crippen LogP contribution < -0.4 is 0 Å². The number of benzene rings is 1. The summed E-state index contributed by atoms with van der Waals surface area (Å²) in [6.45, 7) is 7.12. The van der Waals surface area contributed by atoms with E-state index in [0.717, 1.165) is 31.5 Å². The summed E-state index contributed by atoms with van der Waals surface area (Å²) in [6.07, 6.45) is 6.24. The highest BCUT2D eigenvalue weighted by Gasteiger charge is 2.32. The van der Waals surface area contributed by atoms with Crippen LogP contribution in [0.15, 0.2) is 36.7 Å². The van der Waals surface area contributed by atoms with Gasteiger partial charge < -0.3 is 9.80 Å². The highest BCUT2D eigenvalue weighted by Crippen LogP contribution is 2.23. The van der Waals surface area contributed by atoms with Crippen LogP contribution in [0.4, 0.5) is 0 Å². The van der Waals surface area contributed by atoms with Crippen LogP contribution in [0.2, 0.25) is 0 Å². The van der Waals surface area contributed by atoms with Crippen LogP contribution in [0.25, 0.3) is 0 Å². The van der Waals surface area contributed by atoms with Gasteiger partial charge in [0.15, 0.2) is 5.69 Å². The van der Waals surface area contributed by atoms with Gasteiger partial charge in [0, 0.05) is 32.4 Å². The van der Waals surface area contributed by atoms with Crippen molar-refractivity contribution in [1.29, 1.82) is 0 Å². The third-order valence-electron chi connectivity index (χ3n) is 6.71. The van der Waals surface area contributed by atoms with Crippen molar-refractivity contribution >= 4 is 11.8 Å². The van der Waals surface area contributed by atoms with Crippen molar-refractivity contribution in [2.75, 3.05) is 13.1 Å². The molecular weight excluding hydrogens is 418 g/mol. The first-order valence-corrected chi connectivity index (χ1v) is 11.6. The van der Waals surface area contributed by atoms with Gasteiger partial charge in [0.05, 0.1) is 30.0 Å². The van der Waals surface area contributed by atoms with Gasteiger partial charge in [-0.05, 0) is 44.2 Å². The lowest BCUT2D eigenvalue weighted by Gasteiger charge is -2.28. The number of fused-ring (bicyclic) bond motifs is 1. The smallest absolute Gasteiger partial charge is 0.276 e. The van der Waals surface area contributed by atoms with E-state index in [0.29, 0.717) is 37.4 Å². The van der Waals surface area contributed by atoms with Crippen molar-refractivity contribution in [3.05, 3.63) is 64.7 Å². The second-order valence-corrected chi connectivity index (χ2v) is 8.85. The molecule has 172 valence electrons. The molecule has 0 unspecified atom stereocenters. The first kappa shape index (κ1) is 21.4. The van der Waals surface area contributed by atoms with E-state index >= 15 is 0 Å². The fourth-order valence-electron chi connectivity index (χ4n) is 4.87. The lowest BCUT2D eigenvalue weighted by Crippen LogP contribution is -2.38. The van der Waals surface area contributed by atoms with E-state index in [4.69, 9.17) is 0 Å². The Bertz CT molecular complexity index is 1180.